The molecule has 2 aliphatic heterocycles. The Labute approximate surface area is 227 Å². The van der Waals surface area contributed by atoms with Crippen molar-refractivity contribution < 1.29 is 23.7 Å². The van der Waals surface area contributed by atoms with E-state index in [1.54, 1.807) is 18.3 Å². The van der Waals surface area contributed by atoms with Crippen LogP contribution in [-0.4, -0.2) is 76.6 Å². The molecule has 12 heteroatoms. The highest BCUT2D eigenvalue weighted by Gasteiger charge is 2.38. The smallest absolute Gasteiger partial charge is 0.213 e. The summed E-state index contributed by atoms with van der Waals surface area (Å²) in [5.74, 6) is 1.40. The summed E-state index contributed by atoms with van der Waals surface area (Å²) < 4.78 is 31.0. The van der Waals surface area contributed by atoms with Gasteiger partial charge in [0.25, 0.3) is 0 Å². The zero-order valence-electron chi connectivity index (χ0n) is 20.8. The number of rotatable bonds is 7. The molecule has 1 fully saturated rings. The Kier molecular flexibility index (Phi) is 9.71. The average molecular weight is 556 g/mol. The van der Waals surface area contributed by atoms with Crippen molar-refractivity contribution in [1.82, 2.24) is 25.2 Å². The minimum atomic E-state index is -0.592. The first-order valence-electron chi connectivity index (χ1n) is 11.8. The van der Waals surface area contributed by atoms with Crippen molar-refractivity contribution >= 4 is 35.8 Å². The Balaban J connectivity index is 0.00000190. The number of aromatic nitrogens is 3. The summed E-state index contributed by atoms with van der Waals surface area (Å²) in [6, 6.07) is 5.37. The second-order valence-electron chi connectivity index (χ2n) is 9.21. The van der Waals surface area contributed by atoms with E-state index in [1.165, 1.54) is 13.3 Å². The second kappa shape index (κ2) is 12.4. The summed E-state index contributed by atoms with van der Waals surface area (Å²) in [6.45, 7) is 5.45. The lowest BCUT2D eigenvalue weighted by molar-refractivity contribution is -0.00686. The van der Waals surface area contributed by atoms with E-state index >= 15 is 0 Å². The molecule has 5 heterocycles. The summed E-state index contributed by atoms with van der Waals surface area (Å²) in [7, 11) is 1.53. The molecule has 2 aliphatic rings. The molecule has 2 atom stereocenters. The minimum absolute atomic E-state index is 0. The first-order valence-corrected chi connectivity index (χ1v) is 11.8. The summed E-state index contributed by atoms with van der Waals surface area (Å²) in [6.07, 6.45) is 3.53. The van der Waals surface area contributed by atoms with Crippen molar-refractivity contribution in [2.45, 2.75) is 38.0 Å². The molecule has 0 bridgehead atoms. The summed E-state index contributed by atoms with van der Waals surface area (Å²) in [5, 5.41) is 14.5. The molecule has 9 nitrogen and oxygen atoms in total. The number of pyridine rings is 3. The van der Waals surface area contributed by atoms with Crippen molar-refractivity contribution in [3.63, 3.8) is 0 Å². The molecule has 202 valence electrons. The SMILES string of the molecule is COc1ccc2ncc(F)c(CCN3CCC(C)(NCc4cc5c(cn4)OCCO5)C(O)C3)c2n1.Cl.Cl. The minimum Gasteiger partial charge on any atom is -0.486 e. The Morgan fingerprint density at radius 3 is 2.73 bits per heavy atom. The van der Waals surface area contributed by atoms with Gasteiger partial charge in [-0.2, -0.15) is 0 Å². The molecule has 5 rings (SSSR count). The lowest BCUT2D eigenvalue weighted by atomic mass is 9.86. The molecule has 0 aromatic carbocycles. The largest absolute Gasteiger partial charge is 0.486 e. The van der Waals surface area contributed by atoms with Gasteiger partial charge in [-0.15, -0.1) is 24.8 Å². The number of methoxy groups -OCH3 is 1. The van der Waals surface area contributed by atoms with Crippen LogP contribution in [0.15, 0.2) is 30.6 Å². The molecule has 3 aromatic rings. The fourth-order valence-electron chi connectivity index (χ4n) is 4.58. The van der Waals surface area contributed by atoms with Crippen LogP contribution in [0.25, 0.3) is 11.0 Å². The average Bonchev–Trinajstić information content (AvgIpc) is 2.88. The number of ether oxygens (including phenoxy) is 3. The highest BCUT2D eigenvalue weighted by Crippen LogP contribution is 2.30. The van der Waals surface area contributed by atoms with Gasteiger partial charge in [0.05, 0.1) is 42.3 Å². The van der Waals surface area contributed by atoms with E-state index in [4.69, 9.17) is 14.2 Å². The van der Waals surface area contributed by atoms with Crippen LogP contribution in [0.2, 0.25) is 0 Å². The quantitative estimate of drug-likeness (QED) is 0.455. The van der Waals surface area contributed by atoms with Gasteiger partial charge >= 0.3 is 0 Å². The molecule has 0 radical (unpaired) electrons. The maximum Gasteiger partial charge on any atom is 0.213 e. The highest BCUT2D eigenvalue weighted by molar-refractivity contribution is 5.85. The van der Waals surface area contributed by atoms with Gasteiger partial charge in [-0.3, -0.25) is 9.97 Å². The molecule has 2 N–H and O–H groups in total. The van der Waals surface area contributed by atoms with E-state index in [1.807, 2.05) is 13.0 Å². The number of fused-ring (bicyclic) bond motifs is 2. The third-order valence-electron chi connectivity index (χ3n) is 6.90. The predicted octanol–water partition coefficient (Wildman–Crippen LogP) is 2.94. The number of halogens is 3. The van der Waals surface area contributed by atoms with Gasteiger partial charge in [-0.1, -0.05) is 0 Å². The number of hydrogen-bond acceptors (Lipinski definition) is 9. The number of nitrogens with zero attached hydrogens (tertiary/aromatic N) is 4. The topological polar surface area (TPSA) is 102 Å². The molecule has 3 aromatic heterocycles. The van der Waals surface area contributed by atoms with Gasteiger partial charge in [0.2, 0.25) is 5.88 Å². The molecular formula is C25H32Cl2FN5O4. The molecule has 37 heavy (non-hydrogen) atoms. The van der Waals surface area contributed by atoms with Crippen molar-refractivity contribution in [3.05, 3.63) is 47.7 Å². The van der Waals surface area contributed by atoms with E-state index in [0.29, 0.717) is 73.2 Å². The Bertz CT molecular complexity index is 1220. The zero-order chi connectivity index (χ0) is 24.4. The molecule has 0 amide bonds. The van der Waals surface area contributed by atoms with E-state index in [9.17, 15) is 9.50 Å². The summed E-state index contributed by atoms with van der Waals surface area (Å²) >= 11 is 0. The Hall–Kier alpha value is -2.50. The number of aliphatic hydroxyl groups excluding tert-OH is 1. The van der Waals surface area contributed by atoms with Crippen molar-refractivity contribution in [1.29, 1.82) is 0 Å². The molecule has 2 unspecified atom stereocenters. The number of hydrogen-bond donors (Lipinski definition) is 2. The van der Waals surface area contributed by atoms with Crippen LogP contribution in [0.1, 0.15) is 24.6 Å². The maximum atomic E-state index is 14.6. The standard InChI is InChI=1S/C25H30FN5O4.2ClH/c1-25(29-12-16-11-20-21(14-27-16)35-10-9-34-20)6-8-31(15-22(25)32)7-5-17-18(26)13-28-19-3-4-23(33-2)30-24(17)19;;/h3-4,11,13-14,22,29,32H,5-10,12,15H2,1-2H3;2*1H. The first kappa shape index (κ1) is 29.1. The first-order chi connectivity index (χ1) is 16.9. The maximum absolute atomic E-state index is 14.6. The summed E-state index contributed by atoms with van der Waals surface area (Å²) in [5.41, 5.74) is 2.02. The monoisotopic (exact) mass is 555 g/mol. The van der Waals surface area contributed by atoms with E-state index in [-0.39, 0.29) is 30.6 Å². The van der Waals surface area contributed by atoms with Crippen LogP contribution in [-0.2, 0) is 13.0 Å². The van der Waals surface area contributed by atoms with Gasteiger partial charge in [-0.25, -0.2) is 9.37 Å². The van der Waals surface area contributed by atoms with Crippen molar-refractivity contribution in [3.8, 4) is 17.4 Å². The third kappa shape index (κ3) is 6.32. The lowest BCUT2D eigenvalue weighted by Crippen LogP contribution is -2.61. The molecule has 0 aliphatic carbocycles. The third-order valence-corrected chi connectivity index (χ3v) is 6.90. The molecule has 0 spiro atoms. The van der Waals surface area contributed by atoms with Crippen LogP contribution >= 0.6 is 24.8 Å². The second-order valence-corrected chi connectivity index (χ2v) is 9.21. The predicted molar refractivity (Wildman–Crippen MR) is 142 cm³/mol. The number of nitrogens with one attached hydrogen (secondary N) is 1. The fraction of sp³-hybridized carbons (Fsp3) is 0.480. The fourth-order valence-corrected chi connectivity index (χ4v) is 4.58. The zero-order valence-corrected chi connectivity index (χ0v) is 22.4. The van der Waals surface area contributed by atoms with Gasteiger partial charge in [-0.05, 0) is 25.8 Å². The van der Waals surface area contributed by atoms with Gasteiger partial charge in [0, 0.05) is 49.4 Å². The number of β-amino-alcohol motifs (C(OH)–C–C–N with tert-alkyl or cyclic N) is 1. The summed E-state index contributed by atoms with van der Waals surface area (Å²) in [4.78, 5) is 15.1. The van der Waals surface area contributed by atoms with Gasteiger partial charge < -0.3 is 29.5 Å². The van der Waals surface area contributed by atoms with E-state index in [0.717, 1.165) is 18.7 Å². The number of aliphatic hydroxyl groups is 1. The van der Waals surface area contributed by atoms with Gasteiger partial charge in [0.1, 0.15) is 19.0 Å². The van der Waals surface area contributed by atoms with E-state index in [2.05, 4.69) is 25.2 Å². The lowest BCUT2D eigenvalue weighted by Gasteiger charge is -2.44. The van der Waals surface area contributed by atoms with Crippen LogP contribution in [0, 0.1) is 5.82 Å². The van der Waals surface area contributed by atoms with Crippen LogP contribution < -0.4 is 19.5 Å². The number of piperidine rings is 1. The molecule has 0 saturated carbocycles. The number of likely N-dealkylation sites (tertiary alicyclic amines) is 1. The van der Waals surface area contributed by atoms with Crippen LogP contribution in [0.4, 0.5) is 4.39 Å². The molecule has 1 saturated heterocycles. The van der Waals surface area contributed by atoms with Gasteiger partial charge in [0.15, 0.2) is 11.5 Å². The van der Waals surface area contributed by atoms with Crippen molar-refractivity contribution in [2.24, 2.45) is 0 Å². The Morgan fingerprint density at radius 1 is 1.19 bits per heavy atom. The van der Waals surface area contributed by atoms with Crippen LogP contribution in [0.3, 0.4) is 0 Å². The normalized spacial score (nSPS) is 21.1. The van der Waals surface area contributed by atoms with Crippen molar-refractivity contribution in [2.75, 3.05) is 40.0 Å². The Morgan fingerprint density at radius 2 is 1.97 bits per heavy atom. The molecular weight excluding hydrogens is 524 g/mol. The van der Waals surface area contributed by atoms with Crippen LogP contribution in [0.5, 0.6) is 17.4 Å². The van der Waals surface area contributed by atoms with E-state index < -0.39 is 11.6 Å². The highest BCUT2D eigenvalue weighted by atomic mass is 35.5.